The summed E-state index contributed by atoms with van der Waals surface area (Å²) in [6, 6.07) is -0.191. The summed E-state index contributed by atoms with van der Waals surface area (Å²) in [6.07, 6.45) is 5.47. The Labute approximate surface area is 124 Å². The molecular formula is C14H24N4O3. The summed E-state index contributed by atoms with van der Waals surface area (Å²) in [6.45, 7) is 2.97. The van der Waals surface area contributed by atoms with Crippen LogP contribution in [0.2, 0.25) is 0 Å². The number of hydrogen-bond donors (Lipinski definition) is 3. The molecule has 2 amide bonds. The molecule has 0 saturated carbocycles. The SMILES string of the molecule is Cc1nn(C)cc1CNC(=O)NCCCCCCC(=O)O. The van der Waals surface area contributed by atoms with Crippen LogP contribution in [0.25, 0.3) is 0 Å². The van der Waals surface area contributed by atoms with Crippen LogP contribution in [0, 0.1) is 6.92 Å². The number of nitrogens with zero attached hydrogens (tertiary/aromatic N) is 2. The Bertz CT molecular complexity index is 471. The highest BCUT2D eigenvalue weighted by molar-refractivity contribution is 5.73. The Kier molecular flexibility index (Phi) is 7.28. The number of carbonyl (C=O) groups is 2. The molecule has 1 rings (SSSR count). The third-order valence-electron chi connectivity index (χ3n) is 3.16. The smallest absolute Gasteiger partial charge is 0.315 e. The Balaban J connectivity index is 2.04. The molecule has 0 unspecified atom stereocenters. The van der Waals surface area contributed by atoms with Crippen LogP contribution in [0.4, 0.5) is 4.79 Å². The Morgan fingerprint density at radius 1 is 1.24 bits per heavy atom. The zero-order valence-corrected chi connectivity index (χ0v) is 12.7. The van der Waals surface area contributed by atoms with E-state index in [9.17, 15) is 9.59 Å². The predicted octanol–water partition coefficient (Wildman–Crippen LogP) is 1.56. The van der Waals surface area contributed by atoms with Gasteiger partial charge >= 0.3 is 12.0 Å². The van der Waals surface area contributed by atoms with Crippen LogP contribution in [-0.4, -0.2) is 33.4 Å². The van der Waals surface area contributed by atoms with Crippen molar-refractivity contribution in [2.75, 3.05) is 6.54 Å². The van der Waals surface area contributed by atoms with E-state index in [1.54, 1.807) is 4.68 Å². The van der Waals surface area contributed by atoms with E-state index >= 15 is 0 Å². The van der Waals surface area contributed by atoms with Gasteiger partial charge in [0, 0.05) is 38.3 Å². The molecular weight excluding hydrogens is 272 g/mol. The molecule has 0 spiro atoms. The number of amides is 2. The predicted molar refractivity (Wildman–Crippen MR) is 78.9 cm³/mol. The normalized spacial score (nSPS) is 10.4. The number of aliphatic carboxylic acids is 1. The largest absolute Gasteiger partial charge is 0.481 e. The molecule has 0 saturated heterocycles. The standard InChI is InChI=1S/C14H24N4O3/c1-11-12(10-18(2)17-11)9-16-14(21)15-8-6-4-3-5-7-13(19)20/h10H,3-9H2,1-2H3,(H,19,20)(H2,15,16,21). The highest BCUT2D eigenvalue weighted by Crippen LogP contribution is 2.04. The summed E-state index contributed by atoms with van der Waals surface area (Å²) < 4.78 is 1.72. The molecule has 0 aliphatic heterocycles. The van der Waals surface area contributed by atoms with Gasteiger partial charge in [0.2, 0.25) is 0 Å². The van der Waals surface area contributed by atoms with E-state index in [1.807, 2.05) is 20.2 Å². The van der Waals surface area contributed by atoms with Gasteiger partial charge in [0.1, 0.15) is 0 Å². The van der Waals surface area contributed by atoms with E-state index in [-0.39, 0.29) is 12.5 Å². The number of carboxylic acid groups (broad SMARTS) is 1. The molecule has 0 atom stereocenters. The molecule has 0 radical (unpaired) electrons. The summed E-state index contributed by atoms with van der Waals surface area (Å²) in [5.74, 6) is -0.752. The molecule has 21 heavy (non-hydrogen) atoms. The molecule has 1 aromatic heterocycles. The van der Waals surface area contributed by atoms with Crippen molar-refractivity contribution in [3.8, 4) is 0 Å². The molecule has 1 heterocycles. The van der Waals surface area contributed by atoms with Gasteiger partial charge in [0.05, 0.1) is 5.69 Å². The Hall–Kier alpha value is -2.05. The van der Waals surface area contributed by atoms with Crippen molar-refractivity contribution in [3.63, 3.8) is 0 Å². The number of aryl methyl sites for hydroxylation is 2. The van der Waals surface area contributed by atoms with Gasteiger partial charge in [0.25, 0.3) is 0 Å². The Morgan fingerprint density at radius 3 is 2.57 bits per heavy atom. The van der Waals surface area contributed by atoms with Gasteiger partial charge in [-0.2, -0.15) is 5.10 Å². The second-order valence-corrected chi connectivity index (χ2v) is 5.08. The van der Waals surface area contributed by atoms with Gasteiger partial charge in [-0.1, -0.05) is 12.8 Å². The molecule has 1 aromatic rings. The first-order valence-corrected chi connectivity index (χ1v) is 7.21. The van der Waals surface area contributed by atoms with Crippen LogP contribution < -0.4 is 10.6 Å². The molecule has 0 fully saturated rings. The number of carboxylic acids is 1. The van der Waals surface area contributed by atoms with Gasteiger partial charge in [0.15, 0.2) is 0 Å². The molecule has 0 aliphatic rings. The van der Waals surface area contributed by atoms with Crippen molar-refractivity contribution in [3.05, 3.63) is 17.5 Å². The van der Waals surface area contributed by atoms with E-state index in [0.717, 1.165) is 30.5 Å². The number of hydrogen-bond acceptors (Lipinski definition) is 3. The van der Waals surface area contributed by atoms with Crippen molar-refractivity contribution in [1.82, 2.24) is 20.4 Å². The van der Waals surface area contributed by atoms with Crippen LogP contribution in [0.15, 0.2) is 6.20 Å². The van der Waals surface area contributed by atoms with Crippen LogP contribution >= 0.6 is 0 Å². The molecule has 0 bridgehead atoms. The number of rotatable bonds is 9. The summed E-state index contributed by atoms with van der Waals surface area (Å²) in [5.41, 5.74) is 1.91. The highest BCUT2D eigenvalue weighted by Gasteiger charge is 2.05. The zero-order chi connectivity index (χ0) is 15.7. The fourth-order valence-electron chi connectivity index (χ4n) is 2.02. The zero-order valence-electron chi connectivity index (χ0n) is 12.7. The van der Waals surface area contributed by atoms with Crippen molar-refractivity contribution in [1.29, 1.82) is 0 Å². The van der Waals surface area contributed by atoms with Crippen molar-refractivity contribution < 1.29 is 14.7 Å². The lowest BCUT2D eigenvalue weighted by Crippen LogP contribution is -2.35. The summed E-state index contributed by atoms with van der Waals surface area (Å²) in [5, 5.41) is 18.3. The quantitative estimate of drug-likeness (QED) is 0.603. The second-order valence-electron chi connectivity index (χ2n) is 5.08. The second kappa shape index (κ2) is 8.99. The average Bonchev–Trinajstić information content (AvgIpc) is 2.73. The van der Waals surface area contributed by atoms with E-state index in [2.05, 4.69) is 15.7 Å². The number of nitrogens with one attached hydrogen (secondary N) is 2. The van der Waals surface area contributed by atoms with Gasteiger partial charge < -0.3 is 15.7 Å². The van der Waals surface area contributed by atoms with Crippen molar-refractivity contribution in [2.45, 2.75) is 45.6 Å². The number of unbranched alkanes of at least 4 members (excludes halogenated alkanes) is 3. The first-order chi connectivity index (χ1) is 9.99. The summed E-state index contributed by atoms with van der Waals surface area (Å²) in [7, 11) is 1.85. The number of aromatic nitrogens is 2. The lowest BCUT2D eigenvalue weighted by atomic mass is 10.1. The lowest BCUT2D eigenvalue weighted by molar-refractivity contribution is -0.137. The minimum atomic E-state index is -0.752. The molecule has 3 N–H and O–H groups in total. The van der Waals surface area contributed by atoms with Crippen LogP contribution in [0.3, 0.4) is 0 Å². The van der Waals surface area contributed by atoms with Crippen LogP contribution in [-0.2, 0) is 18.4 Å². The molecule has 7 nitrogen and oxygen atoms in total. The van der Waals surface area contributed by atoms with Crippen molar-refractivity contribution in [2.24, 2.45) is 7.05 Å². The van der Waals surface area contributed by atoms with E-state index in [1.165, 1.54) is 0 Å². The third-order valence-corrected chi connectivity index (χ3v) is 3.16. The Morgan fingerprint density at radius 2 is 1.95 bits per heavy atom. The lowest BCUT2D eigenvalue weighted by Gasteiger charge is -2.07. The fourth-order valence-corrected chi connectivity index (χ4v) is 2.02. The maximum Gasteiger partial charge on any atom is 0.315 e. The highest BCUT2D eigenvalue weighted by atomic mass is 16.4. The first-order valence-electron chi connectivity index (χ1n) is 7.21. The van der Waals surface area contributed by atoms with Crippen LogP contribution in [0.5, 0.6) is 0 Å². The van der Waals surface area contributed by atoms with Gasteiger partial charge in [-0.25, -0.2) is 4.79 Å². The van der Waals surface area contributed by atoms with E-state index < -0.39 is 5.97 Å². The number of urea groups is 1. The maximum absolute atomic E-state index is 11.6. The number of carbonyl (C=O) groups excluding carboxylic acids is 1. The topological polar surface area (TPSA) is 96.3 Å². The van der Waals surface area contributed by atoms with Gasteiger partial charge in [-0.05, 0) is 19.8 Å². The molecule has 0 aliphatic carbocycles. The summed E-state index contributed by atoms with van der Waals surface area (Å²) in [4.78, 5) is 21.9. The molecule has 0 aromatic carbocycles. The first kappa shape index (κ1) is 17.0. The third kappa shape index (κ3) is 7.34. The minimum absolute atomic E-state index is 0.191. The maximum atomic E-state index is 11.6. The van der Waals surface area contributed by atoms with E-state index in [4.69, 9.17) is 5.11 Å². The van der Waals surface area contributed by atoms with Crippen LogP contribution in [0.1, 0.15) is 43.4 Å². The molecule has 7 heteroatoms. The van der Waals surface area contributed by atoms with Crippen molar-refractivity contribution >= 4 is 12.0 Å². The average molecular weight is 296 g/mol. The molecule has 118 valence electrons. The van der Waals surface area contributed by atoms with Gasteiger partial charge in [-0.15, -0.1) is 0 Å². The van der Waals surface area contributed by atoms with Gasteiger partial charge in [-0.3, -0.25) is 9.48 Å². The fraction of sp³-hybridized carbons (Fsp3) is 0.643. The monoisotopic (exact) mass is 296 g/mol. The minimum Gasteiger partial charge on any atom is -0.481 e. The van der Waals surface area contributed by atoms with E-state index in [0.29, 0.717) is 19.5 Å². The summed E-state index contributed by atoms with van der Waals surface area (Å²) >= 11 is 0.